The molecular formula is C21H33IN4O3. The van der Waals surface area contributed by atoms with Crippen molar-refractivity contribution in [2.24, 2.45) is 4.99 Å². The van der Waals surface area contributed by atoms with E-state index in [9.17, 15) is 5.11 Å². The van der Waals surface area contributed by atoms with Crippen molar-refractivity contribution in [3.63, 3.8) is 0 Å². The lowest BCUT2D eigenvalue weighted by Gasteiger charge is -2.27. The largest absolute Gasteiger partial charge is 0.468 e. The Morgan fingerprint density at radius 3 is 2.62 bits per heavy atom. The Hall–Kier alpha value is -1.52. The van der Waals surface area contributed by atoms with Crippen LogP contribution in [0.5, 0.6) is 0 Å². The molecule has 1 fully saturated rings. The topological polar surface area (TPSA) is 86.2 Å². The van der Waals surface area contributed by atoms with Crippen molar-refractivity contribution < 1.29 is 13.9 Å². The number of hydrogen-bond donors (Lipinski definition) is 3. The third-order valence-electron chi connectivity index (χ3n) is 5.08. The van der Waals surface area contributed by atoms with Gasteiger partial charge >= 0.3 is 0 Å². The van der Waals surface area contributed by atoms with E-state index in [0.717, 1.165) is 31.2 Å². The van der Waals surface area contributed by atoms with Crippen LogP contribution in [0.2, 0.25) is 0 Å². The van der Waals surface area contributed by atoms with Crippen molar-refractivity contribution in [2.45, 2.75) is 45.3 Å². The number of halogens is 1. The molecule has 3 rings (SSSR count). The first kappa shape index (κ1) is 23.8. The van der Waals surface area contributed by atoms with E-state index in [-0.39, 0.29) is 36.6 Å². The average molecular weight is 516 g/mol. The second-order valence-electron chi connectivity index (χ2n) is 7.53. The molecule has 0 aromatic carbocycles. The first-order valence-corrected chi connectivity index (χ1v) is 10.1. The van der Waals surface area contributed by atoms with Crippen molar-refractivity contribution in [3.8, 4) is 0 Å². The molecule has 3 N–H and O–H groups in total. The van der Waals surface area contributed by atoms with E-state index in [4.69, 9.17) is 8.83 Å². The fourth-order valence-corrected chi connectivity index (χ4v) is 3.51. The number of hydrogen-bond acceptors (Lipinski definition) is 5. The molecule has 2 unspecified atom stereocenters. The molecule has 162 valence electrons. The second-order valence-corrected chi connectivity index (χ2v) is 7.53. The fourth-order valence-electron chi connectivity index (χ4n) is 3.51. The maximum absolute atomic E-state index is 10.7. The Morgan fingerprint density at radius 1 is 1.28 bits per heavy atom. The van der Waals surface area contributed by atoms with E-state index >= 15 is 0 Å². The van der Waals surface area contributed by atoms with Crippen LogP contribution in [0.1, 0.15) is 50.0 Å². The number of nitrogens with one attached hydrogen (secondary N) is 2. The van der Waals surface area contributed by atoms with E-state index < -0.39 is 5.60 Å². The maximum atomic E-state index is 10.7. The van der Waals surface area contributed by atoms with Crippen molar-refractivity contribution in [1.82, 2.24) is 15.5 Å². The van der Waals surface area contributed by atoms with Gasteiger partial charge in [0.1, 0.15) is 22.9 Å². The fraction of sp³-hybridized carbons (Fsp3) is 0.571. The van der Waals surface area contributed by atoms with Gasteiger partial charge in [-0.05, 0) is 71.0 Å². The number of furan rings is 2. The van der Waals surface area contributed by atoms with Gasteiger partial charge in [0.15, 0.2) is 5.96 Å². The molecule has 0 radical (unpaired) electrons. The first-order valence-electron chi connectivity index (χ1n) is 10.1. The molecule has 0 bridgehead atoms. The van der Waals surface area contributed by atoms with E-state index in [0.29, 0.717) is 18.3 Å². The van der Waals surface area contributed by atoms with Crippen LogP contribution >= 0.6 is 24.0 Å². The van der Waals surface area contributed by atoms with E-state index in [1.54, 1.807) is 19.3 Å². The summed E-state index contributed by atoms with van der Waals surface area (Å²) in [6.07, 6.45) is 4.16. The molecule has 0 saturated carbocycles. The summed E-state index contributed by atoms with van der Waals surface area (Å²) in [6.45, 7) is 9.38. The molecule has 0 amide bonds. The Balaban J connectivity index is 0.00000300. The normalized spacial score (nSPS) is 18.1. The molecule has 2 aromatic heterocycles. The summed E-state index contributed by atoms with van der Waals surface area (Å²) in [6, 6.07) is 7.76. The molecule has 3 heterocycles. The third-order valence-corrected chi connectivity index (χ3v) is 5.08. The summed E-state index contributed by atoms with van der Waals surface area (Å²) < 4.78 is 11.3. The second kappa shape index (κ2) is 11.0. The van der Waals surface area contributed by atoms with Gasteiger partial charge in [0.25, 0.3) is 0 Å². The number of aryl methyl sites for hydroxylation is 1. The summed E-state index contributed by atoms with van der Waals surface area (Å²) in [4.78, 5) is 7.03. The Bertz CT molecular complexity index is 752. The number of nitrogens with zero attached hydrogens (tertiary/aromatic N) is 2. The van der Waals surface area contributed by atoms with Crippen LogP contribution in [0.4, 0.5) is 0 Å². The highest BCUT2D eigenvalue weighted by Crippen LogP contribution is 2.25. The highest BCUT2D eigenvalue weighted by molar-refractivity contribution is 14.0. The molecule has 29 heavy (non-hydrogen) atoms. The van der Waals surface area contributed by atoms with Crippen LogP contribution in [-0.2, 0) is 5.60 Å². The summed E-state index contributed by atoms with van der Waals surface area (Å²) in [5, 5.41) is 17.4. The zero-order valence-corrected chi connectivity index (χ0v) is 19.8. The van der Waals surface area contributed by atoms with Gasteiger partial charge < -0.3 is 24.6 Å². The highest BCUT2D eigenvalue weighted by atomic mass is 127. The standard InChI is InChI=1S/C21H32N4O3.HI/c1-4-22-20(24-15-21(3,26)19-10-9-16(2)28-19)23-14-17(18-8-7-13-27-18)25-11-5-6-12-25;/h7-10,13,17,26H,4-6,11-12,14-15H2,1-3H3,(H2,22,23,24);1H. The van der Waals surface area contributed by atoms with Gasteiger partial charge in [-0.1, -0.05) is 0 Å². The van der Waals surface area contributed by atoms with E-state index in [1.807, 2.05) is 32.0 Å². The average Bonchev–Trinajstić information content (AvgIpc) is 3.42. The Kier molecular flexibility index (Phi) is 9.04. The predicted molar refractivity (Wildman–Crippen MR) is 125 cm³/mol. The van der Waals surface area contributed by atoms with Crippen LogP contribution in [0.3, 0.4) is 0 Å². The zero-order valence-electron chi connectivity index (χ0n) is 17.5. The number of aliphatic hydroxyl groups is 1. The van der Waals surface area contributed by atoms with Gasteiger partial charge in [-0.15, -0.1) is 24.0 Å². The number of guanidine groups is 1. The quantitative estimate of drug-likeness (QED) is 0.284. The van der Waals surface area contributed by atoms with Gasteiger partial charge in [-0.3, -0.25) is 4.90 Å². The Morgan fingerprint density at radius 2 is 2.03 bits per heavy atom. The highest BCUT2D eigenvalue weighted by Gasteiger charge is 2.28. The van der Waals surface area contributed by atoms with Crippen molar-refractivity contribution in [2.75, 3.05) is 32.7 Å². The summed E-state index contributed by atoms with van der Waals surface area (Å²) >= 11 is 0. The first-order chi connectivity index (χ1) is 13.5. The number of likely N-dealkylation sites (tertiary alicyclic amines) is 1. The van der Waals surface area contributed by atoms with Crippen LogP contribution in [-0.4, -0.2) is 48.7 Å². The lowest BCUT2D eigenvalue weighted by atomic mass is 10.0. The van der Waals surface area contributed by atoms with Crippen molar-refractivity contribution in [1.29, 1.82) is 0 Å². The molecule has 2 aromatic rings. The van der Waals surface area contributed by atoms with Crippen molar-refractivity contribution >= 4 is 29.9 Å². The molecule has 1 aliphatic rings. The lowest BCUT2D eigenvalue weighted by molar-refractivity contribution is 0.0428. The van der Waals surface area contributed by atoms with Crippen molar-refractivity contribution in [3.05, 3.63) is 47.8 Å². The minimum absolute atomic E-state index is 0. The minimum Gasteiger partial charge on any atom is -0.468 e. The molecule has 7 nitrogen and oxygen atoms in total. The lowest BCUT2D eigenvalue weighted by Crippen LogP contribution is -2.43. The summed E-state index contributed by atoms with van der Waals surface area (Å²) in [5.74, 6) is 2.93. The Labute approximate surface area is 190 Å². The van der Waals surface area contributed by atoms with Crippen LogP contribution < -0.4 is 10.6 Å². The SMILES string of the molecule is CCNC(=NCC(C)(O)c1ccc(C)o1)NCC(c1ccco1)N1CCCC1.I. The van der Waals surface area contributed by atoms with Crippen LogP contribution in [0.25, 0.3) is 0 Å². The third kappa shape index (κ3) is 6.48. The summed E-state index contributed by atoms with van der Waals surface area (Å²) in [5.41, 5.74) is -1.16. The van der Waals surface area contributed by atoms with Gasteiger partial charge in [0.2, 0.25) is 0 Å². The molecule has 1 saturated heterocycles. The number of aliphatic imine (C=N–C) groups is 1. The molecular weight excluding hydrogens is 483 g/mol. The van der Waals surface area contributed by atoms with Gasteiger partial charge in [0, 0.05) is 13.1 Å². The monoisotopic (exact) mass is 516 g/mol. The molecule has 8 heteroatoms. The van der Waals surface area contributed by atoms with E-state index in [2.05, 4.69) is 20.5 Å². The smallest absolute Gasteiger partial charge is 0.191 e. The molecule has 1 aliphatic heterocycles. The van der Waals surface area contributed by atoms with Gasteiger partial charge in [0.05, 0.1) is 18.8 Å². The molecule has 0 spiro atoms. The van der Waals surface area contributed by atoms with Crippen LogP contribution in [0, 0.1) is 6.92 Å². The van der Waals surface area contributed by atoms with Gasteiger partial charge in [-0.2, -0.15) is 0 Å². The molecule has 2 atom stereocenters. The van der Waals surface area contributed by atoms with Crippen LogP contribution in [0.15, 0.2) is 44.4 Å². The van der Waals surface area contributed by atoms with E-state index in [1.165, 1.54) is 12.8 Å². The minimum atomic E-state index is -1.16. The zero-order chi connectivity index (χ0) is 20.0. The summed E-state index contributed by atoms with van der Waals surface area (Å²) in [7, 11) is 0. The molecule has 0 aliphatic carbocycles. The van der Waals surface area contributed by atoms with Gasteiger partial charge in [-0.25, -0.2) is 4.99 Å². The number of rotatable bonds is 8. The maximum Gasteiger partial charge on any atom is 0.191 e. The predicted octanol–water partition coefficient (Wildman–Crippen LogP) is 3.40.